The van der Waals surface area contributed by atoms with Crippen molar-refractivity contribution >= 4 is 53.1 Å². The van der Waals surface area contributed by atoms with Gasteiger partial charge in [-0.05, 0) is 36.8 Å². The molecule has 1 aromatic heterocycles. The van der Waals surface area contributed by atoms with Gasteiger partial charge in [0.05, 0.1) is 5.56 Å². The van der Waals surface area contributed by atoms with Crippen LogP contribution in [0.1, 0.15) is 16.8 Å². The number of hydrogen-bond acceptors (Lipinski definition) is 4. The van der Waals surface area contributed by atoms with E-state index in [4.69, 9.17) is 11.6 Å². The van der Waals surface area contributed by atoms with Crippen molar-refractivity contribution in [2.24, 2.45) is 4.99 Å². The molecular weight excluding hydrogens is 503 g/mol. The molecule has 156 valence electrons. The monoisotopic (exact) mass is 528 g/mol. The molecule has 1 aliphatic heterocycles. The van der Waals surface area contributed by atoms with Gasteiger partial charge in [-0.2, -0.15) is 0 Å². The largest absolute Gasteiger partial charge is 0.369 e. The summed E-state index contributed by atoms with van der Waals surface area (Å²) in [6, 6.07) is 11.7. The molecule has 0 bridgehead atoms. The molecule has 1 amide bonds. The van der Waals surface area contributed by atoms with Crippen molar-refractivity contribution in [3.05, 3.63) is 59.4 Å². The fraction of sp³-hybridized carbons (Fsp3) is 0.350. The maximum atomic E-state index is 12.0. The molecular formula is C20H26ClIN6O. The van der Waals surface area contributed by atoms with E-state index in [1.165, 1.54) is 0 Å². The number of pyridine rings is 1. The summed E-state index contributed by atoms with van der Waals surface area (Å²) < 4.78 is 0. The van der Waals surface area contributed by atoms with Crippen LogP contribution in [0, 0.1) is 0 Å². The van der Waals surface area contributed by atoms with Crippen molar-refractivity contribution in [2.45, 2.75) is 12.5 Å². The van der Waals surface area contributed by atoms with Crippen LogP contribution in [0.4, 0.5) is 5.69 Å². The summed E-state index contributed by atoms with van der Waals surface area (Å²) in [6.45, 7) is 2.93. The Hall–Kier alpha value is -2.07. The van der Waals surface area contributed by atoms with Crippen LogP contribution in [0.25, 0.3) is 0 Å². The SMILES string of the molecule is CN=C(NCCNC(=O)c1cccnc1)NC1CCN(c2cccc(Cl)c2)C1.I. The van der Waals surface area contributed by atoms with Crippen LogP contribution in [0.2, 0.25) is 5.02 Å². The van der Waals surface area contributed by atoms with Gasteiger partial charge in [0, 0.05) is 62.4 Å². The molecule has 0 radical (unpaired) electrons. The highest BCUT2D eigenvalue weighted by molar-refractivity contribution is 14.0. The Balaban J connectivity index is 0.00000300. The molecule has 1 aromatic carbocycles. The number of halogens is 2. The molecule has 1 fully saturated rings. The Bertz CT molecular complexity index is 820. The predicted octanol–water partition coefficient (Wildman–Crippen LogP) is 2.53. The van der Waals surface area contributed by atoms with Crippen LogP contribution in [0.3, 0.4) is 0 Å². The van der Waals surface area contributed by atoms with Gasteiger partial charge in [-0.1, -0.05) is 17.7 Å². The van der Waals surface area contributed by atoms with Gasteiger partial charge < -0.3 is 20.9 Å². The number of nitrogens with one attached hydrogen (secondary N) is 3. The Morgan fingerprint density at radius 1 is 1.28 bits per heavy atom. The molecule has 0 aliphatic carbocycles. The molecule has 9 heteroatoms. The normalized spacial score (nSPS) is 16.1. The smallest absolute Gasteiger partial charge is 0.252 e. The molecule has 3 N–H and O–H groups in total. The second kappa shape index (κ2) is 11.8. The quantitative estimate of drug-likeness (QED) is 0.232. The first kappa shape index (κ1) is 23.2. The van der Waals surface area contributed by atoms with Gasteiger partial charge in [-0.25, -0.2) is 0 Å². The van der Waals surface area contributed by atoms with Gasteiger partial charge >= 0.3 is 0 Å². The molecule has 0 spiro atoms. The first-order valence-electron chi connectivity index (χ1n) is 9.31. The lowest BCUT2D eigenvalue weighted by atomic mass is 10.2. The van der Waals surface area contributed by atoms with E-state index in [0.717, 1.165) is 36.2 Å². The third-order valence-electron chi connectivity index (χ3n) is 4.55. The molecule has 1 saturated heterocycles. The van der Waals surface area contributed by atoms with Gasteiger partial charge in [-0.15, -0.1) is 24.0 Å². The summed E-state index contributed by atoms with van der Waals surface area (Å²) in [5.74, 6) is 0.597. The van der Waals surface area contributed by atoms with Crippen molar-refractivity contribution < 1.29 is 4.79 Å². The second-order valence-electron chi connectivity index (χ2n) is 6.55. The van der Waals surface area contributed by atoms with E-state index in [1.54, 1.807) is 31.6 Å². The number of benzene rings is 1. The number of nitrogens with zero attached hydrogens (tertiary/aromatic N) is 3. The first-order chi connectivity index (χ1) is 13.7. The summed E-state index contributed by atoms with van der Waals surface area (Å²) >= 11 is 6.09. The number of anilines is 1. The van der Waals surface area contributed by atoms with E-state index < -0.39 is 0 Å². The fourth-order valence-corrected chi connectivity index (χ4v) is 3.31. The minimum atomic E-state index is -0.134. The van der Waals surface area contributed by atoms with Crippen molar-refractivity contribution in [1.29, 1.82) is 0 Å². The third-order valence-corrected chi connectivity index (χ3v) is 4.79. The lowest BCUT2D eigenvalue weighted by molar-refractivity contribution is 0.0954. The fourth-order valence-electron chi connectivity index (χ4n) is 3.13. The van der Waals surface area contributed by atoms with E-state index in [-0.39, 0.29) is 29.9 Å². The Kier molecular flexibility index (Phi) is 9.46. The maximum Gasteiger partial charge on any atom is 0.252 e. The highest BCUT2D eigenvalue weighted by Gasteiger charge is 2.23. The Morgan fingerprint density at radius 2 is 2.10 bits per heavy atom. The average molecular weight is 529 g/mol. The molecule has 0 saturated carbocycles. The molecule has 1 atom stereocenters. The number of amides is 1. The number of rotatable bonds is 6. The zero-order valence-electron chi connectivity index (χ0n) is 16.3. The molecule has 29 heavy (non-hydrogen) atoms. The number of aliphatic imine (C=N–C) groups is 1. The molecule has 1 aliphatic rings. The highest BCUT2D eigenvalue weighted by Crippen LogP contribution is 2.23. The molecule has 7 nitrogen and oxygen atoms in total. The first-order valence-corrected chi connectivity index (χ1v) is 9.69. The van der Waals surface area contributed by atoms with Crippen LogP contribution in [0.15, 0.2) is 53.8 Å². The predicted molar refractivity (Wildman–Crippen MR) is 129 cm³/mol. The minimum absolute atomic E-state index is 0. The van der Waals surface area contributed by atoms with E-state index in [0.29, 0.717) is 24.7 Å². The van der Waals surface area contributed by atoms with E-state index in [2.05, 4.69) is 36.9 Å². The van der Waals surface area contributed by atoms with Gasteiger partial charge in [-0.3, -0.25) is 14.8 Å². The lowest BCUT2D eigenvalue weighted by Gasteiger charge is -2.20. The van der Waals surface area contributed by atoms with Crippen LogP contribution in [-0.2, 0) is 0 Å². The number of aromatic nitrogens is 1. The van der Waals surface area contributed by atoms with Gasteiger partial charge in [0.1, 0.15) is 0 Å². The minimum Gasteiger partial charge on any atom is -0.369 e. The van der Waals surface area contributed by atoms with Crippen molar-refractivity contribution in [2.75, 3.05) is 38.1 Å². The van der Waals surface area contributed by atoms with Crippen LogP contribution >= 0.6 is 35.6 Å². The van der Waals surface area contributed by atoms with Gasteiger partial charge in [0.15, 0.2) is 5.96 Å². The van der Waals surface area contributed by atoms with Crippen molar-refractivity contribution in [3.63, 3.8) is 0 Å². The summed E-state index contributed by atoms with van der Waals surface area (Å²) in [7, 11) is 1.74. The maximum absolute atomic E-state index is 12.0. The number of guanidine groups is 1. The number of carbonyl (C=O) groups is 1. The molecule has 2 heterocycles. The highest BCUT2D eigenvalue weighted by atomic mass is 127. The topological polar surface area (TPSA) is 81.6 Å². The Labute approximate surface area is 193 Å². The standard InChI is InChI=1S/C20H25ClN6O.HI/c1-22-20(25-10-9-24-19(28)15-4-3-8-23-13-15)26-17-7-11-27(14-17)18-6-2-5-16(21)12-18;/h2-6,8,12-13,17H,7,9-11,14H2,1H3,(H,24,28)(H2,22,25,26);1H. The summed E-state index contributed by atoms with van der Waals surface area (Å²) in [4.78, 5) is 22.5. The van der Waals surface area contributed by atoms with E-state index >= 15 is 0 Å². The van der Waals surface area contributed by atoms with Crippen LogP contribution in [0.5, 0.6) is 0 Å². The van der Waals surface area contributed by atoms with Crippen LogP contribution in [-0.4, -0.2) is 56.1 Å². The lowest BCUT2D eigenvalue weighted by Crippen LogP contribution is -2.46. The van der Waals surface area contributed by atoms with E-state index in [1.807, 2.05) is 18.2 Å². The van der Waals surface area contributed by atoms with Crippen molar-refractivity contribution in [1.82, 2.24) is 20.9 Å². The van der Waals surface area contributed by atoms with E-state index in [9.17, 15) is 4.79 Å². The van der Waals surface area contributed by atoms with Crippen molar-refractivity contribution in [3.8, 4) is 0 Å². The zero-order chi connectivity index (χ0) is 19.8. The zero-order valence-corrected chi connectivity index (χ0v) is 19.4. The summed E-state index contributed by atoms with van der Waals surface area (Å²) in [5.41, 5.74) is 1.69. The van der Waals surface area contributed by atoms with Gasteiger partial charge in [0.2, 0.25) is 0 Å². The third kappa shape index (κ3) is 7.04. The summed E-state index contributed by atoms with van der Waals surface area (Å²) in [5, 5.41) is 10.3. The van der Waals surface area contributed by atoms with Crippen LogP contribution < -0.4 is 20.9 Å². The average Bonchev–Trinajstić information content (AvgIpc) is 3.19. The molecule has 1 unspecified atom stereocenters. The number of hydrogen-bond donors (Lipinski definition) is 3. The van der Waals surface area contributed by atoms with Gasteiger partial charge in [0.25, 0.3) is 5.91 Å². The number of carbonyl (C=O) groups excluding carboxylic acids is 1. The second-order valence-corrected chi connectivity index (χ2v) is 6.99. The Morgan fingerprint density at radius 3 is 2.83 bits per heavy atom. The molecule has 3 rings (SSSR count). The summed E-state index contributed by atoms with van der Waals surface area (Å²) in [6.07, 6.45) is 4.21. The molecule has 2 aromatic rings.